The molecule has 1 fully saturated rings. The number of ether oxygens (including phenoxy) is 2. The highest BCUT2D eigenvalue weighted by Crippen LogP contribution is 2.20. The smallest absolute Gasteiger partial charge is 0.338 e. The molecule has 0 unspecified atom stereocenters. The zero-order chi connectivity index (χ0) is 22.9. The Kier molecular flexibility index (Phi) is 8.78. The van der Waals surface area contributed by atoms with Gasteiger partial charge in [0.15, 0.2) is 5.11 Å². The Morgan fingerprint density at radius 2 is 1.97 bits per heavy atom. The Labute approximate surface area is 194 Å². The van der Waals surface area contributed by atoms with Crippen molar-refractivity contribution in [3.8, 4) is 5.69 Å². The van der Waals surface area contributed by atoms with Crippen molar-refractivity contribution in [2.45, 2.75) is 20.8 Å². The molecule has 1 aromatic heterocycles. The van der Waals surface area contributed by atoms with Gasteiger partial charge in [-0.3, -0.25) is 10.3 Å². The zero-order valence-corrected chi connectivity index (χ0v) is 19.7. The molecule has 0 aliphatic carbocycles. The summed E-state index contributed by atoms with van der Waals surface area (Å²) in [7, 11) is 0. The average molecular weight is 458 g/mol. The molecule has 1 aromatic carbocycles. The third-order valence-corrected chi connectivity index (χ3v) is 5.53. The summed E-state index contributed by atoms with van der Waals surface area (Å²) in [6, 6.07) is 9.46. The van der Waals surface area contributed by atoms with E-state index in [1.165, 1.54) is 0 Å². The fraction of sp³-hybridized carbons (Fsp3) is 0.435. The zero-order valence-electron chi connectivity index (χ0n) is 18.9. The van der Waals surface area contributed by atoms with E-state index in [9.17, 15) is 4.79 Å². The van der Waals surface area contributed by atoms with Crippen LogP contribution in [0.25, 0.3) is 5.69 Å². The van der Waals surface area contributed by atoms with Gasteiger partial charge in [-0.1, -0.05) is 0 Å². The fourth-order valence-corrected chi connectivity index (χ4v) is 3.78. The van der Waals surface area contributed by atoms with Crippen LogP contribution in [0.5, 0.6) is 0 Å². The highest BCUT2D eigenvalue weighted by molar-refractivity contribution is 7.80. The second-order valence-electron chi connectivity index (χ2n) is 7.51. The van der Waals surface area contributed by atoms with Gasteiger partial charge in [0, 0.05) is 48.8 Å². The molecule has 0 radical (unpaired) electrons. The number of rotatable bonds is 8. The molecule has 9 heteroatoms. The number of esters is 1. The van der Waals surface area contributed by atoms with Crippen LogP contribution < -0.4 is 10.7 Å². The largest absolute Gasteiger partial charge is 0.462 e. The number of thiocarbonyl (C=S) groups is 1. The normalized spacial score (nSPS) is 14.5. The molecule has 1 aliphatic heterocycles. The van der Waals surface area contributed by atoms with Gasteiger partial charge in [-0.25, -0.2) is 4.79 Å². The lowest BCUT2D eigenvalue weighted by Crippen LogP contribution is -2.42. The van der Waals surface area contributed by atoms with Gasteiger partial charge in [0.2, 0.25) is 0 Å². The number of aryl methyl sites for hydroxylation is 1. The molecule has 0 amide bonds. The Balaban J connectivity index is 1.55. The average Bonchev–Trinajstić information content (AvgIpc) is 3.07. The molecule has 0 bridgehead atoms. The minimum absolute atomic E-state index is 0.312. The predicted octanol–water partition coefficient (Wildman–Crippen LogP) is 2.40. The number of aromatic nitrogens is 1. The van der Waals surface area contributed by atoms with Gasteiger partial charge in [0.25, 0.3) is 0 Å². The first-order valence-electron chi connectivity index (χ1n) is 10.8. The first-order valence-corrected chi connectivity index (χ1v) is 11.2. The van der Waals surface area contributed by atoms with E-state index >= 15 is 0 Å². The van der Waals surface area contributed by atoms with Gasteiger partial charge in [0.05, 0.1) is 31.6 Å². The third-order valence-electron chi connectivity index (χ3n) is 5.29. The first-order chi connectivity index (χ1) is 15.5. The number of nitrogens with one attached hydrogen (secondary N) is 2. The lowest BCUT2D eigenvalue weighted by Gasteiger charge is -2.26. The van der Waals surface area contributed by atoms with Gasteiger partial charge in [-0.05, 0) is 63.3 Å². The summed E-state index contributed by atoms with van der Waals surface area (Å²) >= 11 is 5.31. The molecule has 0 spiro atoms. The van der Waals surface area contributed by atoms with Crippen molar-refractivity contribution in [3.05, 3.63) is 52.8 Å². The Morgan fingerprint density at radius 1 is 1.25 bits per heavy atom. The molecule has 2 aromatic rings. The monoisotopic (exact) mass is 457 g/mol. The summed E-state index contributed by atoms with van der Waals surface area (Å²) in [5.41, 5.74) is 7.50. The summed E-state index contributed by atoms with van der Waals surface area (Å²) in [6.07, 6.45) is 1.77. The topological polar surface area (TPSA) is 80.1 Å². The number of benzene rings is 1. The molecular weight excluding hydrogens is 426 g/mol. The second-order valence-corrected chi connectivity index (χ2v) is 7.92. The molecule has 3 rings (SSSR count). The first kappa shape index (κ1) is 23.9. The van der Waals surface area contributed by atoms with Crippen LogP contribution in [0.3, 0.4) is 0 Å². The molecular formula is C23H31N5O3S. The molecule has 172 valence electrons. The summed E-state index contributed by atoms with van der Waals surface area (Å²) in [5.74, 6) is -0.312. The van der Waals surface area contributed by atoms with E-state index in [4.69, 9.17) is 21.7 Å². The van der Waals surface area contributed by atoms with Crippen LogP contribution in [-0.2, 0) is 9.47 Å². The summed E-state index contributed by atoms with van der Waals surface area (Å²) < 4.78 is 12.5. The SMILES string of the molecule is CCOC(=O)c1ccc(-n2c(C)cc(/C=N\NC(=S)NCCN3CCOCC3)c2C)cc1. The maximum absolute atomic E-state index is 11.9. The Hall–Kier alpha value is -2.75. The van der Waals surface area contributed by atoms with Crippen molar-refractivity contribution in [2.75, 3.05) is 46.0 Å². The standard InChI is InChI=1S/C23H31N5O3S/c1-4-31-22(29)19-5-7-21(8-6-19)28-17(2)15-20(18(28)3)16-25-26-23(32)24-9-10-27-11-13-30-14-12-27/h5-8,15-16H,4,9-14H2,1-3H3,(H2,24,26,32)/b25-16-. The van der Waals surface area contributed by atoms with Gasteiger partial charge < -0.3 is 19.4 Å². The van der Waals surface area contributed by atoms with E-state index in [0.717, 1.165) is 62.0 Å². The van der Waals surface area contributed by atoms with E-state index in [2.05, 4.69) is 31.4 Å². The van der Waals surface area contributed by atoms with Crippen LogP contribution in [0.4, 0.5) is 0 Å². The number of carbonyl (C=O) groups is 1. The lowest BCUT2D eigenvalue weighted by molar-refractivity contribution is 0.0389. The van der Waals surface area contributed by atoms with Gasteiger partial charge in [-0.15, -0.1) is 0 Å². The minimum atomic E-state index is -0.312. The molecule has 1 saturated heterocycles. The highest BCUT2D eigenvalue weighted by Gasteiger charge is 2.12. The molecule has 2 heterocycles. The van der Waals surface area contributed by atoms with E-state index in [1.54, 1.807) is 25.3 Å². The molecule has 0 atom stereocenters. The van der Waals surface area contributed by atoms with Crippen LogP contribution in [-0.4, -0.2) is 72.8 Å². The Morgan fingerprint density at radius 3 is 2.66 bits per heavy atom. The number of nitrogens with zero attached hydrogens (tertiary/aromatic N) is 3. The second kappa shape index (κ2) is 11.8. The number of carbonyl (C=O) groups excluding carboxylic acids is 1. The molecule has 32 heavy (non-hydrogen) atoms. The number of hydrogen-bond acceptors (Lipinski definition) is 6. The fourth-order valence-electron chi connectivity index (χ4n) is 3.63. The van der Waals surface area contributed by atoms with Crippen molar-refractivity contribution in [3.63, 3.8) is 0 Å². The van der Waals surface area contributed by atoms with Crippen LogP contribution in [0, 0.1) is 13.8 Å². The molecule has 8 nitrogen and oxygen atoms in total. The Bertz CT molecular complexity index is 949. The van der Waals surface area contributed by atoms with Crippen LogP contribution >= 0.6 is 12.2 Å². The molecule has 2 N–H and O–H groups in total. The van der Waals surface area contributed by atoms with Gasteiger partial charge >= 0.3 is 5.97 Å². The van der Waals surface area contributed by atoms with Crippen LogP contribution in [0.2, 0.25) is 0 Å². The minimum Gasteiger partial charge on any atom is -0.462 e. The lowest BCUT2D eigenvalue weighted by atomic mass is 10.2. The summed E-state index contributed by atoms with van der Waals surface area (Å²) in [4.78, 5) is 14.2. The molecule has 1 aliphatic rings. The summed E-state index contributed by atoms with van der Waals surface area (Å²) in [5, 5.41) is 7.96. The van der Waals surface area contributed by atoms with Crippen molar-refractivity contribution in [1.29, 1.82) is 0 Å². The maximum Gasteiger partial charge on any atom is 0.338 e. The van der Waals surface area contributed by atoms with E-state index in [1.807, 2.05) is 26.0 Å². The number of hydrogen-bond donors (Lipinski definition) is 2. The third kappa shape index (κ3) is 6.38. The van der Waals surface area contributed by atoms with Crippen LogP contribution in [0.15, 0.2) is 35.4 Å². The maximum atomic E-state index is 11.9. The van der Waals surface area contributed by atoms with Gasteiger partial charge in [-0.2, -0.15) is 5.10 Å². The van der Waals surface area contributed by atoms with Crippen molar-refractivity contribution in [1.82, 2.24) is 20.2 Å². The van der Waals surface area contributed by atoms with Crippen molar-refractivity contribution < 1.29 is 14.3 Å². The highest BCUT2D eigenvalue weighted by atomic mass is 32.1. The predicted molar refractivity (Wildman–Crippen MR) is 130 cm³/mol. The van der Waals surface area contributed by atoms with E-state index in [-0.39, 0.29) is 5.97 Å². The quantitative estimate of drug-likeness (QED) is 0.273. The van der Waals surface area contributed by atoms with E-state index in [0.29, 0.717) is 17.3 Å². The van der Waals surface area contributed by atoms with Gasteiger partial charge in [0.1, 0.15) is 0 Å². The number of hydrazone groups is 1. The van der Waals surface area contributed by atoms with Crippen molar-refractivity contribution >= 4 is 29.5 Å². The van der Waals surface area contributed by atoms with Crippen molar-refractivity contribution in [2.24, 2.45) is 5.10 Å². The number of morpholine rings is 1. The summed E-state index contributed by atoms with van der Waals surface area (Å²) in [6.45, 7) is 11.4. The van der Waals surface area contributed by atoms with Crippen LogP contribution in [0.1, 0.15) is 34.2 Å². The van der Waals surface area contributed by atoms with E-state index < -0.39 is 0 Å². The molecule has 0 saturated carbocycles.